The molecule has 0 saturated carbocycles. The molecule has 0 fully saturated rings. The van der Waals surface area contributed by atoms with Crippen molar-refractivity contribution in [2.24, 2.45) is 0 Å². The molecule has 1 N–H and O–H groups in total. The summed E-state index contributed by atoms with van der Waals surface area (Å²) >= 11 is 0. The van der Waals surface area contributed by atoms with Gasteiger partial charge in [0.15, 0.2) is 0 Å². The third-order valence-electron chi connectivity index (χ3n) is 4.43. The van der Waals surface area contributed by atoms with E-state index in [1.54, 1.807) is 12.1 Å². The van der Waals surface area contributed by atoms with Crippen molar-refractivity contribution >= 4 is 27.3 Å². The summed E-state index contributed by atoms with van der Waals surface area (Å²) in [5.74, 6) is -0.333. The van der Waals surface area contributed by atoms with Crippen LogP contribution in [-0.4, -0.2) is 47.3 Å². The van der Waals surface area contributed by atoms with Crippen LogP contribution in [0.3, 0.4) is 0 Å². The number of likely N-dealkylation sites (N-methyl/N-ethyl adjacent to an activating group) is 1. The Morgan fingerprint density at radius 3 is 2.26 bits per heavy atom. The number of para-hydroxylation sites is 1. The molecule has 0 aliphatic rings. The van der Waals surface area contributed by atoms with Gasteiger partial charge in [-0.1, -0.05) is 24.3 Å². The standard InChI is InChI=1S/C20H27N3O3S/c1-16-10-11-19(14-17(16)2)23(27(4,25)26)15-20(24)21-12-13-22(3)18-8-6-5-7-9-18/h5-11,14H,12-13,15H2,1-4H3,(H,21,24). The number of aryl methyl sites for hydroxylation is 2. The summed E-state index contributed by atoms with van der Waals surface area (Å²) in [6.45, 7) is 4.68. The third-order valence-corrected chi connectivity index (χ3v) is 5.57. The number of carbonyl (C=O) groups excluding carboxylic acids is 1. The van der Waals surface area contributed by atoms with Gasteiger partial charge in [0.25, 0.3) is 0 Å². The third kappa shape index (κ3) is 5.99. The molecule has 0 aliphatic carbocycles. The summed E-state index contributed by atoms with van der Waals surface area (Å²) in [5.41, 5.74) is 3.60. The number of carbonyl (C=O) groups is 1. The van der Waals surface area contributed by atoms with E-state index >= 15 is 0 Å². The molecule has 27 heavy (non-hydrogen) atoms. The lowest BCUT2D eigenvalue weighted by atomic mass is 10.1. The first-order valence-electron chi connectivity index (χ1n) is 8.76. The van der Waals surface area contributed by atoms with Gasteiger partial charge in [0, 0.05) is 25.8 Å². The maximum Gasteiger partial charge on any atom is 0.240 e. The van der Waals surface area contributed by atoms with Crippen LogP contribution >= 0.6 is 0 Å². The lowest BCUT2D eigenvalue weighted by molar-refractivity contribution is -0.119. The molecule has 0 unspecified atom stereocenters. The molecule has 146 valence electrons. The maximum atomic E-state index is 12.3. The molecule has 0 spiro atoms. The second-order valence-electron chi connectivity index (χ2n) is 6.65. The highest BCUT2D eigenvalue weighted by atomic mass is 32.2. The molecule has 1 amide bonds. The number of benzene rings is 2. The van der Waals surface area contributed by atoms with Crippen LogP contribution in [-0.2, 0) is 14.8 Å². The number of rotatable bonds is 8. The minimum atomic E-state index is -3.56. The van der Waals surface area contributed by atoms with Crippen LogP contribution in [0.25, 0.3) is 0 Å². The van der Waals surface area contributed by atoms with E-state index in [-0.39, 0.29) is 12.5 Å². The van der Waals surface area contributed by atoms with Crippen molar-refractivity contribution in [3.8, 4) is 0 Å². The zero-order chi connectivity index (χ0) is 20.0. The fourth-order valence-electron chi connectivity index (χ4n) is 2.64. The van der Waals surface area contributed by atoms with Crippen molar-refractivity contribution < 1.29 is 13.2 Å². The average Bonchev–Trinajstić information content (AvgIpc) is 2.62. The van der Waals surface area contributed by atoms with E-state index in [9.17, 15) is 13.2 Å². The van der Waals surface area contributed by atoms with Crippen LogP contribution in [0.2, 0.25) is 0 Å². The second kappa shape index (κ2) is 8.90. The molecule has 2 aromatic carbocycles. The molecule has 2 aromatic rings. The second-order valence-corrected chi connectivity index (χ2v) is 8.55. The molecule has 0 aromatic heterocycles. The van der Waals surface area contributed by atoms with Crippen LogP contribution in [0.15, 0.2) is 48.5 Å². The molecule has 2 rings (SSSR count). The highest BCUT2D eigenvalue weighted by Crippen LogP contribution is 2.21. The summed E-state index contributed by atoms with van der Waals surface area (Å²) in [4.78, 5) is 14.3. The average molecular weight is 390 g/mol. The smallest absolute Gasteiger partial charge is 0.240 e. The molecule has 0 aliphatic heterocycles. The first-order chi connectivity index (χ1) is 12.7. The van der Waals surface area contributed by atoms with Gasteiger partial charge in [-0.25, -0.2) is 8.42 Å². The Morgan fingerprint density at radius 2 is 1.67 bits per heavy atom. The number of anilines is 2. The highest BCUT2D eigenvalue weighted by Gasteiger charge is 2.21. The van der Waals surface area contributed by atoms with Gasteiger partial charge >= 0.3 is 0 Å². The van der Waals surface area contributed by atoms with Gasteiger partial charge in [0.05, 0.1) is 11.9 Å². The highest BCUT2D eigenvalue weighted by molar-refractivity contribution is 7.92. The molecule has 0 heterocycles. The summed E-state index contributed by atoms with van der Waals surface area (Å²) in [6.07, 6.45) is 1.11. The first kappa shape index (κ1) is 20.8. The van der Waals surface area contributed by atoms with Crippen LogP contribution in [0.4, 0.5) is 11.4 Å². The van der Waals surface area contributed by atoms with Gasteiger partial charge in [-0.05, 0) is 49.2 Å². The van der Waals surface area contributed by atoms with Gasteiger partial charge in [-0.15, -0.1) is 0 Å². The SMILES string of the molecule is Cc1ccc(N(CC(=O)NCCN(C)c2ccccc2)S(C)(=O)=O)cc1C. The normalized spacial score (nSPS) is 11.1. The van der Waals surface area contributed by atoms with E-state index in [0.717, 1.165) is 27.4 Å². The number of sulfonamides is 1. The fourth-order valence-corrected chi connectivity index (χ4v) is 3.49. The van der Waals surface area contributed by atoms with Crippen molar-refractivity contribution in [2.75, 3.05) is 42.1 Å². The van der Waals surface area contributed by atoms with E-state index < -0.39 is 10.0 Å². The Morgan fingerprint density at radius 1 is 1.00 bits per heavy atom. The van der Waals surface area contributed by atoms with Crippen LogP contribution in [0, 0.1) is 13.8 Å². The van der Waals surface area contributed by atoms with Crippen molar-refractivity contribution in [1.82, 2.24) is 5.32 Å². The zero-order valence-corrected chi connectivity index (χ0v) is 17.1. The fraction of sp³-hybridized carbons (Fsp3) is 0.350. The summed E-state index contributed by atoms with van der Waals surface area (Å²) in [7, 11) is -1.62. The molecule has 0 saturated heterocycles. The van der Waals surface area contributed by atoms with E-state index in [1.165, 1.54) is 0 Å². The van der Waals surface area contributed by atoms with E-state index in [2.05, 4.69) is 5.32 Å². The van der Waals surface area contributed by atoms with Gasteiger partial charge in [-0.3, -0.25) is 9.10 Å². The Kier molecular flexibility index (Phi) is 6.85. The monoisotopic (exact) mass is 389 g/mol. The predicted molar refractivity (Wildman–Crippen MR) is 111 cm³/mol. The topological polar surface area (TPSA) is 69.7 Å². The maximum absolute atomic E-state index is 12.3. The molecule has 0 bridgehead atoms. The first-order valence-corrected chi connectivity index (χ1v) is 10.6. The van der Waals surface area contributed by atoms with Crippen molar-refractivity contribution in [1.29, 1.82) is 0 Å². The van der Waals surface area contributed by atoms with Crippen LogP contribution in [0.5, 0.6) is 0 Å². The lowest BCUT2D eigenvalue weighted by Crippen LogP contribution is -2.42. The van der Waals surface area contributed by atoms with E-state index in [0.29, 0.717) is 18.8 Å². The van der Waals surface area contributed by atoms with Crippen molar-refractivity contribution in [3.63, 3.8) is 0 Å². The lowest BCUT2D eigenvalue weighted by Gasteiger charge is -2.23. The van der Waals surface area contributed by atoms with E-state index in [1.807, 2.05) is 62.2 Å². The summed E-state index contributed by atoms with van der Waals surface area (Å²) in [6, 6.07) is 15.2. The minimum absolute atomic E-state index is 0.240. The number of nitrogens with zero attached hydrogens (tertiary/aromatic N) is 2. The van der Waals surface area contributed by atoms with Gasteiger partial charge in [0.1, 0.15) is 6.54 Å². The summed E-state index contributed by atoms with van der Waals surface area (Å²) in [5, 5.41) is 2.79. The molecule has 7 heteroatoms. The minimum Gasteiger partial charge on any atom is -0.373 e. The predicted octanol–water partition coefficient (Wildman–Crippen LogP) is 2.32. The largest absolute Gasteiger partial charge is 0.373 e. The Balaban J connectivity index is 1.97. The van der Waals surface area contributed by atoms with Crippen LogP contribution in [0.1, 0.15) is 11.1 Å². The summed E-state index contributed by atoms with van der Waals surface area (Å²) < 4.78 is 25.5. The molecule has 0 radical (unpaired) electrons. The number of hydrogen-bond donors (Lipinski definition) is 1. The van der Waals surface area contributed by atoms with Gasteiger partial charge in [-0.2, -0.15) is 0 Å². The van der Waals surface area contributed by atoms with E-state index in [4.69, 9.17) is 0 Å². The molecular weight excluding hydrogens is 362 g/mol. The Hall–Kier alpha value is -2.54. The van der Waals surface area contributed by atoms with Gasteiger partial charge in [0.2, 0.25) is 15.9 Å². The number of hydrogen-bond acceptors (Lipinski definition) is 4. The number of amides is 1. The van der Waals surface area contributed by atoms with Crippen molar-refractivity contribution in [3.05, 3.63) is 59.7 Å². The zero-order valence-electron chi connectivity index (χ0n) is 16.3. The van der Waals surface area contributed by atoms with Crippen LogP contribution < -0.4 is 14.5 Å². The molecule has 0 atom stereocenters. The quantitative estimate of drug-likeness (QED) is 0.752. The molecular formula is C20H27N3O3S. The van der Waals surface area contributed by atoms with Gasteiger partial charge < -0.3 is 10.2 Å². The Labute approximate surface area is 161 Å². The molecule has 6 nitrogen and oxygen atoms in total. The number of nitrogens with one attached hydrogen (secondary N) is 1. The Bertz CT molecular complexity index is 883. The van der Waals surface area contributed by atoms with Crippen molar-refractivity contribution in [2.45, 2.75) is 13.8 Å².